The van der Waals surface area contributed by atoms with Gasteiger partial charge in [-0.3, -0.25) is 0 Å². The predicted molar refractivity (Wildman–Crippen MR) is 107 cm³/mol. The highest BCUT2D eigenvalue weighted by atomic mass is 79.9. The number of fused-ring (bicyclic) bond motifs is 1. The van der Waals surface area contributed by atoms with E-state index in [0.29, 0.717) is 17.0 Å². The molecule has 3 rings (SSSR count). The van der Waals surface area contributed by atoms with E-state index >= 15 is 0 Å². The normalized spacial score (nSPS) is 18.7. The predicted octanol–water partition coefficient (Wildman–Crippen LogP) is 5.48. The lowest BCUT2D eigenvalue weighted by Crippen LogP contribution is -2.35. The molecule has 1 aliphatic carbocycles. The van der Waals surface area contributed by atoms with E-state index in [1.165, 1.54) is 0 Å². The quantitative estimate of drug-likeness (QED) is 0.704. The fourth-order valence-electron chi connectivity index (χ4n) is 3.30. The Labute approximate surface area is 162 Å². The van der Waals surface area contributed by atoms with E-state index in [1.54, 1.807) is 0 Å². The van der Waals surface area contributed by atoms with Gasteiger partial charge in [-0.2, -0.15) is 5.26 Å². The molecule has 2 N–H and O–H groups in total. The van der Waals surface area contributed by atoms with Crippen molar-refractivity contribution in [2.75, 3.05) is 5.32 Å². The van der Waals surface area contributed by atoms with E-state index in [1.807, 2.05) is 42.5 Å². The third-order valence-corrected chi connectivity index (χ3v) is 5.48. The van der Waals surface area contributed by atoms with E-state index in [9.17, 15) is 10.1 Å². The maximum atomic E-state index is 12.6. The number of amides is 2. The number of nitrogens with zero attached hydrogens (tertiary/aromatic N) is 1. The minimum Gasteiger partial charge on any atom is -0.308 e. The molecule has 2 aromatic carbocycles. The molecule has 0 aliphatic heterocycles. The first-order chi connectivity index (χ1) is 12.5. The monoisotopic (exact) mass is 409 g/mol. The van der Waals surface area contributed by atoms with Crippen LogP contribution in [0.15, 0.2) is 58.6 Å². The first kappa shape index (κ1) is 18.2. The Hall–Kier alpha value is -2.58. The second kappa shape index (κ2) is 7.35. The van der Waals surface area contributed by atoms with Crippen LogP contribution >= 0.6 is 15.9 Å². The van der Waals surface area contributed by atoms with Crippen LogP contribution in [-0.4, -0.2) is 6.03 Å². The Bertz CT molecular complexity index is 912. The molecule has 5 heteroatoms. The van der Waals surface area contributed by atoms with Crippen LogP contribution in [0.3, 0.4) is 0 Å². The van der Waals surface area contributed by atoms with E-state index in [-0.39, 0.29) is 11.4 Å². The Morgan fingerprint density at radius 1 is 1.19 bits per heavy atom. The Morgan fingerprint density at radius 3 is 2.54 bits per heavy atom. The van der Waals surface area contributed by atoms with Crippen molar-refractivity contribution in [3.63, 3.8) is 0 Å². The summed E-state index contributed by atoms with van der Waals surface area (Å²) in [6.45, 7) is 4.15. The largest absolute Gasteiger partial charge is 0.323 e. The number of allylic oxidation sites excluding steroid dienone is 1. The van der Waals surface area contributed by atoms with E-state index in [0.717, 1.165) is 28.4 Å². The van der Waals surface area contributed by atoms with Gasteiger partial charge < -0.3 is 10.6 Å². The number of nitrogens with one attached hydrogen (secondary N) is 2. The zero-order chi connectivity index (χ0) is 18.7. The molecule has 1 unspecified atom stereocenters. The maximum absolute atomic E-state index is 12.6. The summed E-state index contributed by atoms with van der Waals surface area (Å²) in [6, 6.07) is 17.3. The highest BCUT2D eigenvalue weighted by Crippen LogP contribution is 2.43. The van der Waals surface area contributed by atoms with E-state index in [2.05, 4.69) is 52.5 Å². The lowest BCUT2D eigenvalue weighted by atomic mass is 9.69. The lowest BCUT2D eigenvalue weighted by molar-refractivity contribution is 0.255. The molecule has 0 bridgehead atoms. The Morgan fingerprint density at radius 2 is 1.88 bits per heavy atom. The van der Waals surface area contributed by atoms with Gasteiger partial charge in [0.05, 0.1) is 17.3 Å². The average molecular weight is 410 g/mol. The van der Waals surface area contributed by atoms with Gasteiger partial charge in [0.2, 0.25) is 0 Å². The molecule has 1 aliphatic rings. The van der Waals surface area contributed by atoms with Crippen LogP contribution in [0.25, 0.3) is 5.70 Å². The lowest BCUT2D eigenvalue weighted by Gasteiger charge is -2.35. The van der Waals surface area contributed by atoms with Gasteiger partial charge in [-0.05, 0) is 42.7 Å². The van der Waals surface area contributed by atoms with Gasteiger partial charge in [0, 0.05) is 21.1 Å². The molecule has 4 nitrogen and oxygen atoms in total. The average Bonchev–Trinajstić information content (AvgIpc) is 2.63. The maximum Gasteiger partial charge on any atom is 0.323 e. The molecular formula is C21H20BrN3O. The standard InChI is InChI=1S/C21H20BrN3O/c1-3-21(2)12-14-6-4-5-7-17(14)19(18(21)13-23)25-20(26)24-16-10-8-15(22)9-11-16/h4-11H,3,12H2,1-2H3,(H2,24,25,26). The van der Waals surface area contributed by atoms with Gasteiger partial charge in [-0.25, -0.2) is 4.79 Å². The summed E-state index contributed by atoms with van der Waals surface area (Å²) in [6.07, 6.45) is 1.62. The van der Waals surface area contributed by atoms with Crippen molar-refractivity contribution in [3.05, 3.63) is 69.7 Å². The number of benzene rings is 2. The number of urea groups is 1. The van der Waals surface area contributed by atoms with Gasteiger partial charge in [-0.1, -0.05) is 54.0 Å². The number of nitriles is 1. The highest BCUT2D eigenvalue weighted by Gasteiger charge is 2.36. The van der Waals surface area contributed by atoms with Gasteiger partial charge in [0.15, 0.2) is 0 Å². The smallest absolute Gasteiger partial charge is 0.308 e. The van der Waals surface area contributed by atoms with Crippen molar-refractivity contribution in [1.82, 2.24) is 5.32 Å². The molecule has 0 radical (unpaired) electrons. The van der Waals surface area contributed by atoms with E-state index < -0.39 is 0 Å². The Balaban J connectivity index is 1.95. The van der Waals surface area contributed by atoms with Crippen molar-refractivity contribution in [1.29, 1.82) is 5.26 Å². The van der Waals surface area contributed by atoms with Gasteiger partial charge in [-0.15, -0.1) is 0 Å². The molecule has 132 valence electrons. The van der Waals surface area contributed by atoms with Crippen LogP contribution in [0.2, 0.25) is 0 Å². The van der Waals surface area contributed by atoms with Crippen LogP contribution < -0.4 is 10.6 Å². The number of anilines is 1. The summed E-state index contributed by atoms with van der Waals surface area (Å²) >= 11 is 3.38. The fraction of sp³-hybridized carbons (Fsp3) is 0.238. The molecule has 2 aromatic rings. The fourth-order valence-corrected chi connectivity index (χ4v) is 3.56. The molecule has 0 saturated carbocycles. The van der Waals surface area contributed by atoms with Crippen molar-refractivity contribution in [2.45, 2.75) is 26.7 Å². The van der Waals surface area contributed by atoms with Crippen molar-refractivity contribution < 1.29 is 4.79 Å². The second-order valence-electron chi connectivity index (χ2n) is 6.70. The zero-order valence-electron chi connectivity index (χ0n) is 14.8. The Kier molecular flexibility index (Phi) is 5.15. The van der Waals surface area contributed by atoms with Crippen molar-refractivity contribution in [3.8, 4) is 6.07 Å². The van der Waals surface area contributed by atoms with Gasteiger partial charge in [0.1, 0.15) is 0 Å². The minimum atomic E-state index is -0.356. The SMILES string of the molecule is CCC1(C)Cc2ccccc2C(NC(=O)Nc2ccc(Br)cc2)=C1C#N. The van der Waals surface area contributed by atoms with Gasteiger partial charge >= 0.3 is 6.03 Å². The van der Waals surface area contributed by atoms with E-state index in [4.69, 9.17) is 0 Å². The van der Waals surface area contributed by atoms with Crippen LogP contribution in [0.4, 0.5) is 10.5 Å². The van der Waals surface area contributed by atoms with Crippen LogP contribution in [0, 0.1) is 16.7 Å². The molecule has 0 aromatic heterocycles. The zero-order valence-corrected chi connectivity index (χ0v) is 16.4. The van der Waals surface area contributed by atoms with Crippen molar-refractivity contribution >= 4 is 33.3 Å². The summed E-state index contributed by atoms with van der Waals surface area (Å²) in [7, 11) is 0. The number of halogens is 1. The summed E-state index contributed by atoms with van der Waals surface area (Å²) in [4.78, 5) is 12.6. The molecule has 0 heterocycles. The first-order valence-electron chi connectivity index (χ1n) is 8.53. The number of carbonyl (C=O) groups is 1. The topological polar surface area (TPSA) is 64.9 Å². The van der Waals surface area contributed by atoms with Crippen molar-refractivity contribution in [2.24, 2.45) is 5.41 Å². The third-order valence-electron chi connectivity index (χ3n) is 4.95. The number of hydrogen-bond donors (Lipinski definition) is 2. The highest BCUT2D eigenvalue weighted by molar-refractivity contribution is 9.10. The summed E-state index contributed by atoms with van der Waals surface area (Å²) in [5, 5.41) is 15.5. The molecule has 1 atom stereocenters. The first-order valence-corrected chi connectivity index (χ1v) is 9.33. The molecular weight excluding hydrogens is 390 g/mol. The summed E-state index contributed by atoms with van der Waals surface area (Å²) < 4.78 is 0.942. The minimum absolute atomic E-state index is 0.288. The molecule has 0 spiro atoms. The molecule has 26 heavy (non-hydrogen) atoms. The molecule has 2 amide bonds. The third kappa shape index (κ3) is 3.51. The van der Waals surface area contributed by atoms with Gasteiger partial charge in [0.25, 0.3) is 0 Å². The number of rotatable bonds is 3. The number of carbonyl (C=O) groups excluding carboxylic acids is 1. The molecule has 0 saturated heterocycles. The van der Waals surface area contributed by atoms with Crippen LogP contribution in [-0.2, 0) is 6.42 Å². The molecule has 0 fully saturated rings. The van der Waals surface area contributed by atoms with Crippen LogP contribution in [0.5, 0.6) is 0 Å². The summed E-state index contributed by atoms with van der Waals surface area (Å²) in [5.74, 6) is 0. The number of hydrogen-bond acceptors (Lipinski definition) is 2. The van der Waals surface area contributed by atoms with Crippen LogP contribution in [0.1, 0.15) is 31.4 Å². The second-order valence-corrected chi connectivity index (χ2v) is 7.61. The summed E-state index contributed by atoms with van der Waals surface area (Å²) in [5.41, 5.74) is 3.70.